The largest absolute Gasteiger partial charge is 0.322 e. The Hall–Kier alpha value is -2.35. The molecule has 1 heterocycles. The van der Waals surface area contributed by atoms with Crippen LogP contribution in [0, 0.1) is 0 Å². The maximum absolute atomic E-state index is 13.6. The molecular weight excluding hydrogens is 368 g/mol. The highest BCUT2D eigenvalue weighted by Gasteiger charge is 2.44. The number of nitrogens with one attached hydrogen (secondary N) is 1. The van der Waals surface area contributed by atoms with Gasteiger partial charge in [0.15, 0.2) is 0 Å². The topological polar surface area (TPSA) is 92.5 Å². The van der Waals surface area contributed by atoms with Crippen molar-refractivity contribution in [3.8, 4) is 0 Å². The van der Waals surface area contributed by atoms with Crippen LogP contribution in [0.25, 0.3) is 0 Å². The van der Waals surface area contributed by atoms with Crippen molar-refractivity contribution < 1.29 is 23.2 Å². The molecule has 1 aliphatic heterocycles. The number of carbonyl (C=O) groups is 3. The average molecular weight is 395 g/mol. The first kappa shape index (κ1) is 21.9. The lowest BCUT2D eigenvalue weighted by Crippen LogP contribution is -2.46. The van der Waals surface area contributed by atoms with Crippen molar-refractivity contribution in [2.45, 2.75) is 71.0 Å². The van der Waals surface area contributed by atoms with Gasteiger partial charge in [0.05, 0.1) is 0 Å². The zero-order valence-corrected chi connectivity index (χ0v) is 16.4. The van der Waals surface area contributed by atoms with E-state index >= 15 is 0 Å². The first-order valence-corrected chi connectivity index (χ1v) is 9.61. The highest BCUT2D eigenvalue weighted by atomic mass is 19.3. The van der Waals surface area contributed by atoms with E-state index in [0.29, 0.717) is 31.2 Å². The van der Waals surface area contributed by atoms with Gasteiger partial charge in [0.25, 0.3) is 12.3 Å². The molecule has 0 radical (unpaired) electrons. The number of hydrogen-bond donors (Lipinski definition) is 2. The molecule has 0 bridgehead atoms. The highest BCUT2D eigenvalue weighted by molar-refractivity contribution is 6.02. The summed E-state index contributed by atoms with van der Waals surface area (Å²) < 4.78 is 27.2. The number of nitrogens with zero attached hydrogens (tertiary/aromatic N) is 1. The van der Waals surface area contributed by atoms with Gasteiger partial charge < -0.3 is 10.6 Å². The Morgan fingerprint density at radius 3 is 2.50 bits per heavy atom. The quantitative estimate of drug-likeness (QED) is 0.694. The number of hydrogen-bond acceptors (Lipinski definition) is 4. The molecule has 8 heteroatoms. The summed E-state index contributed by atoms with van der Waals surface area (Å²) in [6.45, 7) is 5.76. The van der Waals surface area contributed by atoms with Gasteiger partial charge in [0.2, 0.25) is 12.3 Å². The maximum atomic E-state index is 13.6. The van der Waals surface area contributed by atoms with Crippen LogP contribution in [0.4, 0.5) is 8.78 Å². The Bertz CT molecular complexity index is 763. The fourth-order valence-electron chi connectivity index (χ4n) is 3.47. The monoisotopic (exact) mass is 395 g/mol. The number of nitrogens with two attached hydrogens (primary N) is 1. The van der Waals surface area contributed by atoms with Crippen LogP contribution in [0.5, 0.6) is 0 Å². The van der Waals surface area contributed by atoms with Gasteiger partial charge in [0.1, 0.15) is 6.04 Å². The van der Waals surface area contributed by atoms with Crippen molar-refractivity contribution in [2.24, 2.45) is 5.73 Å². The number of benzene rings is 1. The molecule has 0 spiro atoms. The van der Waals surface area contributed by atoms with Crippen molar-refractivity contribution in [1.82, 2.24) is 10.2 Å². The second-order valence-corrected chi connectivity index (χ2v) is 6.91. The number of halogens is 2. The number of fused-ring (bicyclic) bond motifs is 1. The van der Waals surface area contributed by atoms with E-state index in [1.807, 2.05) is 20.8 Å². The van der Waals surface area contributed by atoms with Gasteiger partial charge in [-0.2, -0.15) is 0 Å². The van der Waals surface area contributed by atoms with Crippen LogP contribution in [0.2, 0.25) is 0 Å². The molecule has 6 nitrogen and oxygen atoms in total. The van der Waals surface area contributed by atoms with E-state index in [1.165, 1.54) is 11.0 Å². The molecule has 1 unspecified atom stereocenters. The summed E-state index contributed by atoms with van der Waals surface area (Å²) in [5, 5.41) is 2.06. The second kappa shape index (κ2) is 8.77. The molecule has 2 aliphatic rings. The first-order chi connectivity index (χ1) is 13.3. The molecule has 154 valence electrons. The summed E-state index contributed by atoms with van der Waals surface area (Å²) in [5.41, 5.74) is 6.22. The molecule has 0 aromatic heterocycles. The smallest absolute Gasteiger partial charge is 0.264 e. The molecule has 1 fully saturated rings. The van der Waals surface area contributed by atoms with E-state index in [4.69, 9.17) is 5.73 Å². The van der Waals surface area contributed by atoms with Crippen molar-refractivity contribution >= 4 is 18.2 Å². The van der Waals surface area contributed by atoms with Crippen molar-refractivity contribution in [3.63, 3.8) is 0 Å². The molecule has 1 aromatic rings. The van der Waals surface area contributed by atoms with Gasteiger partial charge >= 0.3 is 0 Å². The van der Waals surface area contributed by atoms with Crippen molar-refractivity contribution in [1.29, 1.82) is 0 Å². The van der Waals surface area contributed by atoms with Gasteiger partial charge in [-0.15, -0.1) is 0 Å². The normalized spacial score (nSPS) is 17.5. The third-order valence-corrected chi connectivity index (χ3v) is 5.15. The van der Waals surface area contributed by atoms with Crippen LogP contribution >= 0.6 is 0 Å². The van der Waals surface area contributed by atoms with Crippen LogP contribution in [0.1, 0.15) is 79.9 Å². The number of alkyl halides is 2. The molecule has 1 atom stereocenters. The van der Waals surface area contributed by atoms with E-state index < -0.39 is 29.8 Å². The van der Waals surface area contributed by atoms with Crippen LogP contribution < -0.4 is 11.1 Å². The molecule has 1 saturated carbocycles. The van der Waals surface area contributed by atoms with Gasteiger partial charge in [-0.3, -0.25) is 19.7 Å². The van der Waals surface area contributed by atoms with Crippen LogP contribution in [0.15, 0.2) is 12.1 Å². The second-order valence-electron chi connectivity index (χ2n) is 6.91. The van der Waals surface area contributed by atoms with Crippen molar-refractivity contribution in [3.05, 3.63) is 34.4 Å². The Morgan fingerprint density at radius 2 is 2.00 bits per heavy atom. The summed E-state index contributed by atoms with van der Waals surface area (Å²) >= 11 is 0. The van der Waals surface area contributed by atoms with Gasteiger partial charge in [0, 0.05) is 23.2 Å². The van der Waals surface area contributed by atoms with E-state index in [2.05, 4.69) is 5.32 Å². The van der Waals surface area contributed by atoms with Crippen LogP contribution in [-0.4, -0.2) is 29.2 Å². The molecule has 3 N–H and O–H groups in total. The zero-order valence-electron chi connectivity index (χ0n) is 16.4. The zero-order chi connectivity index (χ0) is 21.1. The summed E-state index contributed by atoms with van der Waals surface area (Å²) in [5.74, 6) is -1.09. The van der Waals surface area contributed by atoms with Gasteiger partial charge in [-0.25, -0.2) is 8.78 Å². The first-order valence-electron chi connectivity index (χ1n) is 9.61. The molecule has 0 saturated heterocycles. The molecule has 3 amide bonds. The molecule has 1 aromatic carbocycles. The number of imide groups is 1. The molecule has 28 heavy (non-hydrogen) atoms. The molecular formula is C20H27F2N3O3. The van der Waals surface area contributed by atoms with E-state index in [9.17, 15) is 23.2 Å². The predicted molar refractivity (Wildman–Crippen MR) is 101 cm³/mol. The third kappa shape index (κ3) is 4.06. The summed E-state index contributed by atoms with van der Waals surface area (Å²) in [4.78, 5) is 36.9. The minimum Gasteiger partial charge on any atom is -0.322 e. The third-order valence-electron chi connectivity index (χ3n) is 5.15. The minimum absolute atomic E-state index is 0.0807. The number of carbonyl (C=O) groups excluding carboxylic acids is 3. The van der Waals surface area contributed by atoms with Crippen molar-refractivity contribution in [2.75, 3.05) is 0 Å². The fraction of sp³-hybridized carbons (Fsp3) is 0.550. The maximum Gasteiger partial charge on any atom is 0.264 e. The lowest BCUT2D eigenvalue weighted by atomic mass is 9.95. The highest BCUT2D eigenvalue weighted by Crippen LogP contribution is 2.45. The van der Waals surface area contributed by atoms with E-state index in [1.54, 1.807) is 6.07 Å². The standard InChI is InChI=1S/C18H21F2N3O3.C2H6/c1-2-3-14(16(25)22-9-24)23-8-13-11(15(19)20)6-10(18(21)4-5-18)7-12(13)17(23)26;1-2/h6-7,9,14-15H,2-5,8,21H2,1H3,(H,22,24,25);1-2H3. The SMILES string of the molecule is CC.CCCC(C(=O)NC=O)N1Cc2c(cc(C3(N)CC3)cc2C(F)F)C1=O. The predicted octanol–water partition coefficient (Wildman–Crippen LogP) is 3.00. The van der Waals surface area contributed by atoms with Gasteiger partial charge in [-0.05, 0) is 42.5 Å². The summed E-state index contributed by atoms with van der Waals surface area (Å²) in [6, 6.07) is 2.08. The van der Waals surface area contributed by atoms with Gasteiger partial charge in [-0.1, -0.05) is 27.2 Å². The molecule has 1 aliphatic carbocycles. The van der Waals surface area contributed by atoms with Crippen LogP contribution in [-0.2, 0) is 21.7 Å². The minimum atomic E-state index is -2.74. The summed E-state index contributed by atoms with van der Waals surface area (Å²) in [6.07, 6.45) is -0.189. The lowest BCUT2D eigenvalue weighted by Gasteiger charge is -2.25. The Kier molecular flexibility index (Phi) is 6.87. The molecule has 3 rings (SSSR count). The Morgan fingerprint density at radius 1 is 1.36 bits per heavy atom. The lowest BCUT2D eigenvalue weighted by molar-refractivity contribution is -0.129. The fourth-order valence-corrected chi connectivity index (χ4v) is 3.47. The van der Waals surface area contributed by atoms with E-state index in [0.717, 1.165) is 0 Å². The Balaban J connectivity index is 0.00000136. The number of rotatable bonds is 7. The number of amides is 3. The summed E-state index contributed by atoms with van der Waals surface area (Å²) in [7, 11) is 0. The van der Waals surface area contributed by atoms with Crippen LogP contribution in [0.3, 0.4) is 0 Å². The Labute approximate surface area is 163 Å². The average Bonchev–Trinajstić information content (AvgIpc) is 3.35. The van der Waals surface area contributed by atoms with E-state index in [-0.39, 0.29) is 29.6 Å².